The summed E-state index contributed by atoms with van der Waals surface area (Å²) in [7, 11) is 0. The Morgan fingerprint density at radius 1 is 1.08 bits per heavy atom. The van der Waals surface area contributed by atoms with Gasteiger partial charge in [0.25, 0.3) is 0 Å². The minimum Gasteiger partial charge on any atom is -0.340 e. The van der Waals surface area contributed by atoms with Gasteiger partial charge in [-0.2, -0.15) is 0 Å². The predicted molar refractivity (Wildman–Crippen MR) is 102 cm³/mol. The van der Waals surface area contributed by atoms with E-state index in [9.17, 15) is 4.79 Å². The molecule has 0 radical (unpaired) electrons. The summed E-state index contributed by atoms with van der Waals surface area (Å²) in [4.78, 5) is 18.3. The molecule has 1 spiro atoms. The highest BCUT2D eigenvalue weighted by molar-refractivity contribution is 5.91. The topological polar surface area (TPSA) is 23.6 Å². The second-order valence-corrected chi connectivity index (χ2v) is 9.09. The van der Waals surface area contributed by atoms with Crippen LogP contribution in [-0.4, -0.2) is 47.4 Å². The monoisotopic (exact) mass is 340 g/mol. The summed E-state index contributed by atoms with van der Waals surface area (Å²) in [5.41, 5.74) is 2.57. The normalized spacial score (nSPS) is 28.2. The minimum atomic E-state index is -0.209. The van der Waals surface area contributed by atoms with Gasteiger partial charge in [0, 0.05) is 31.7 Å². The Balaban J connectivity index is 1.50. The van der Waals surface area contributed by atoms with Crippen molar-refractivity contribution in [3.8, 4) is 0 Å². The number of piperidine rings is 1. The molecule has 1 amide bonds. The lowest BCUT2D eigenvalue weighted by atomic mass is 9.76. The van der Waals surface area contributed by atoms with Gasteiger partial charge >= 0.3 is 0 Å². The van der Waals surface area contributed by atoms with E-state index in [2.05, 4.69) is 54.8 Å². The van der Waals surface area contributed by atoms with E-state index in [1.54, 1.807) is 0 Å². The number of likely N-dealkylation sites (tertiary alicyclic amines) is 2. The van der Waals surface area contributed by atoms with Gasteiger partial charge in [0.05, 0.1) is 5.41 Å². The molecule has 0 bridgehead atoms. The molecule has 136 valence electrons. The van der Waals surface area contributed by atoms with Crippen LogP contribution in [0.4, 0.5) is 0 Å². The van der Waals surface area contributed by atoms with Gasteiger partial charge in [-0.1, -0.05) is 43.7 Å². The number of nitrogens with zero attached hydrogens (tertiary/aromatic N) is 2. The molecule has 1 aromatic rings. The van der Waals surface area contributed by atoms with E-state index in [1.807, 2.05) is 0 Å². The lowest BCUT2D eigenvalue weighted by Gasteiger charge is -2.58. The molecule has 2 aliphatic heterocycles. The van der Waals surface area contributed by atoms with Crippen molar-refractivity contribution >= 4 is 5.91 Å². The summed E-state index contributed by atoms with van der Waals surface area (Å²) in [6.07, 6.45) is 5.73. The standard InChI is InChI=1S/C22H32N2O/c1-17(2)15-24-14-12-21(24)9-4-13-23(16-21)20(25)22(10-11-22)19-7-5-18(3)6-8-19/h5-8,17H,4,9-16H2,1-3H3/t21-/m0/s1. The van der Waals surface area contributed by atoms with E-state index in [0.717, 1.165) is 32.4 Å². The van der Waals surface area contributed by atoms with E-state index in [4.69, 9.17) is 0 Å². The molecule has 3 nitrogen and oxygen atoms in total. The second-order valence-electron chi connectivity index (χ2n) is 9.09. The van der Waals surface area contributed by atoms with Gasteiger partial charge in [0.2, 0.25) is 5.91 Å². The zero-order chi connectivity index (χ0) is 17.7. The first kappa shape index (κ1) is 17.1. The third-order valence-corrected chi connectivity index (χ3v) is 6.71. The van der Waals surface area contributed by atoms with Crippen LogP contribution >= 0.6 is 0 Å². The number of carbonyl (C=O) groups is 1. The number of hydrogen-bond acceptors (Lipinski definition) is 2. The maximum Gasteiger partial charge on any atom is 0.233 e. The van der Waals surface area contributed by atoms with Crippen LogP contribution in [0.1, 0.15) is 57.1 Å². The Labute approximate surface area is 152 Å². The Morgan fingerprint density at radius 2 is 1.80 bits per heavy atom. The first-order valence-corrected chi connectivity index (χ1v) is 10.1. The number of carbonyl (C=O) groups excluding carboxylic acids is 1. The molecule has 4 rings (SSSR count). The molecule has 25 heavy (non-hydrogen) atoms. The quantitative estimate of drug-likeness (QED) is 0.833. The summed E-state index contributed by atoms with van der Waals surface area (Å²) in [5, 5.41) is 0. The van der Waals surface area contributed by atoms with Crippen LogP contribution in [0.3, 0.4) is 0 Å². The zero-order valence-corrected chi connectivity index (χ0v) is 16.1. The van der Waals surface area contributed by atoms with Crippen LogP contribution in [0.2, 0.25) is 0 Å². The van der Waals surface area contributed by atoms with Crippen LogP contribution in [0, 0.1) is 12.8 Å². The summed E-state index contributed by atoms with van der Waals surface area (Å²) in [6, 6.07) is 8.65. The van der Waals surface area contributed by atoms with Gasteiger partial charge in [-0.25, -0.2) is 0 Å². The molecular formula is C22H32N2O. The molecule has 1 atom stereocenters. The molecular weight excluding hydrogens is 308 g/mol. The average Bonchev–Trinajstić information content (AvgIpc) is 3.40. The van der Waals surface area contributed by atoms with Gasteiger partial charge in [0.1, 0.15) is 0 Å². The molecule has 2 heterocycles. The first-order chi connectivity index (χ1) is 12.0. The highest BCUT2D eigenvalue weighted by Gasteiger charge is 2.55. The third-order valence-electron chi connectivity index (χ3n) is 6.71. The molecule has 1 aliphatic carbocycles. The minimum absolute atomic E-state index is 0.209. The molecule has 2 saturated heterocycles. The first-order valence-electron chi connectivity index (χ1n) is 10.1. The molecule has 0 unspecified atom stereocenters. The van der Waals surface area contributed by atoms with E-state index >= 15 is 0 Å². The van der Waals surface area contributed by atoms with E-state index < -0.39 is 0 Å². The van der Waals surface area contributed by atoms with Crippen molar-refractivity contribution in [2.24, 2.45) is 5.92 Å². The third kappa shape index (κ3) is 2.91. The van der Waals surface area contributed by atoms with Gasteiger partial charge in [0.15, 0.2) is 0 Å². The second kappa shape index (κ2) is 6.12. The molecule has 0 N–H and O–H groups in total. The fourth-order valence-corrected chi connectivity index (χ4v) is 4.99. The van der Waals surface area contributed by atoms with Crippen molar-refractivity contribution in [2.75, 3.05) is 26.2 Å². The lowest BCUT2D eigenvalue weighted by molar-refractivity contribution is -0.143. The van der Waals surface area contributed by atoms with Crippen molar-refractivity contribution in [2.45, 2.75) is 63.8 Å². The van der Waals surface area contributed by atoms with Crippen molar-refractivity contribution in [3.05, 3.63) is 35.4 Å². The Kier molecular flexibility index (Phi) is 4.18. The van der Waals surface area contributed by atoms with Crippen LogP contribution < -0.4 is 0 Å². The highest BCUT2D eigenvalue weighted by Crippen LogP contribution is 2.51. The number of aryl methyl sites for hydroxylation is 1. The van der Waals surface area contributed by atoms with Crippen LogP contribution in [-0.2, 0) is 10.2 Å². The fraction of sp³-hybridized carbons (Fsp3) is 0.682. The molecule has 3 heteroatoms. The van der Waals surface area contributed by atoms with Gasteiger partial charge in [-0.3, -0.25) is 9.69 Å². The Hall–Kier alpha value is -1.35. The Morgan fingerprint density at radius 3 is 2.36 bits per heavy atom. The number of hydrogen-bond donors (Lipinski definition) is 0. The van der Waals surface area contributed by atoms with Crippen LogP contribution in [0.15, 0.2) is 24.3 Å². The van der Waals surface area contributed by atoms with Crippen LogP contribution in [0.5, 0.6) is 0 Å². The highest BCUT2D eigenvalue weighted by atomic mass is 16.2. The van der Waals surface area contributed by atoms with Gasteiger partial charge in [-0.05, 0) is 50.5 Å². The van der Waals surface area contributed by atoms with Crippen molar-refractivity contribution in [1.82, 2.24) is 9.80 Å². The van der Waals surface area contributed by atoms with Crippen molar-refractivity contribution < 1.29 is 4.79 Å². The van der Waals surface area contributed by atoms with Gasteiger partial charge < -0.3 is 4.90 Å². The molecule has 1 saturated carbocycles. The smallest absolute Gasteiger partial charge is 0.233 e. The molecule has 3 aliphatic rings. The zero-order valence-electron chi connectivity index (χ0n) is 16.1. The van der Waals surface area contributed by atoms with E-state index in [1.165, 1.54) is 37.1 Å². The predicted octanol–water partition coefficient (Wildman–Crippen LogP) is 3.75. The maximum absolute atomic E-state index is 13.4. The summed E-state index contributed by atoms with van der Waals surface area (Å²) in [5.74, 6) is 1.09. The summed E-state index contributed by atoms with van der Waals surface area (Å²) >= 11 is 0. The Bertz CT molecular complexity index is 646. The van der Waals surface area contributed by atoms with Gasteiger partial charge in [-0.15, -0.1) is 0 Å². The molecule has 0 aromatic heterocycles. The lowest BCUT2D eigenvalue weighted by Crippen LogP contribution is -2.68. The van der Waals surface area contributed by atoms with Crippen LogP contribution in [0.25, 0.3) is 0 Å². The maximum atomic E-state index is 13.4. The number of amides is 1. The molecule has 1 aromatic carbocycles. The van der Waals surface area contributed by atoms with E-state index in [0.29, 0.717) is 11.8 Å². The number of rotatable bonds is 4. The van der Waals surface area contributed by atoms with E-state index in [-0.39, 0.29) is 11.0 Å². The fourth-order valence-electron chi connectivity index (χ4n) is 4.99. The summed E-state index contributed by atoms with van der Waals surface area (Å²) in [6.45, 7) is 11.0. The van der Waals surface area contributed by atoms with Crippen molar-refractivity contribution in [3.63, 3.8) is 0 Å². The average molecular weight is 341 g/mol. The molecule has 3 fully saturated rings. The number of benzene rings is 1. The summed E-state index contributed by atoms with van der Waals surface area (Å²) < 4.78 is 0. The van der Waals surface area contributed by atoms with Crippen molar-refractivity contribution in [1.29, 1.82) is 0 Å². The largest absolute Gasteiger partial charge is 0.340 e. The SMILES string of the molecule is Cc1ccc(C2(C(=O)N3CCC[C@]4(CCN4CC(C)C)C3)CC2)cc1.